The van der Waals surface area contributed by atoms with E-state index in [2.05, 4.69) is 0 Å². The van der Waals surface area contributed by atoms with Gasteiger partial charge in [0.05, 0.1) is 5.41 Å². The normalized spacial score (nSPS) is 11.4. The Kier molecular flexibility index (Phi) is 7.81. The molecule has 2 aromatic carbocycles. The second-order valence-electron chi connectivity index (χ2n) is 7.26. The summed E-state index contributed by atoms with van der Waals surface area (Å²) >= 11 is 0. The van der Waals surface area contributed by atoms with Gasteiger partial charge in [-0.3, -0.25) is 4.79 Å². The topological polar surface area (TPSA) is 55.8 Å². The summed E-state index contributed by atoms with van der Waals surface area (Å²) < 4.78 is 0. The predicted octanol–water partition coefficient (Wildman–Crippen LogP) is 5.19. The van der Waals surface area contributed by atoms with Crippen LogP contribution in [0.4, 0.5) is 0 Å². The van der Waals surface area contributed by atoms with E-state index in [4.69, 9.17) is 14.9 Å². The summed E-state index contributed by atoms with van der Waals surface area (Å²) in [7, 11) is 0. The number of carboxylic acids is 1. The Labute approximate surface area is 150 Å². The van der Waals surface area contributed by atoms with Gasteiger partial charge in [-0.25, -0.2) is 9.78 Å². The number of hydrogen-bond donors (Lipinski definition) is 1. The van der Waals surface area contributed by atoms with Crippen LogP contribution in [0.3, 0.4) is 0 Å². The summed E-state index contributed by atoms with van der Waals surface area (Å²) in [4.78, 5) is 20.9. The molecular formula is C21H28O4. The van der Waals surface area contributed by atoms with Gasteiger partial charge in [0.2, 0.25) is 0 Å². The maximum Gasteiger partial charge on any atom is 0.308 e. The Morgan fingerprint density at radius 3 is 1.76 bits per heavy atom. The molecule has 0 heterocycles. The zero-order valence-electron chi connectivity index (χ0n) is 15.7. The number of benzene rings is 2. The van der Waals surface area contributed by atoms with E-state index in [1.807, 2.05) is 74.5 Å². The minimum atomic E-state index is -0.757. The minimum absolute atomic E-state index is 0.448. The third-order valence-electron chi connectivity index (χ3n) is 3.45. The van der Waals surface area contributed by atoms with Crippen LogP contribution in [0.15, 0.2) is 60.7 Å². The molecule has 0 fully saturated rings. The molecule has 0 aliphatic heterocycles. The van der Waals surface area contributed by atoms with Gasteiger partial charge in [-0.1, -0.05) is 60.7 Å². The number of carboxylic acid groups (broad SMARTS) is 1. The molecule has 0 spiro atoms. The van der Waals surface area contributed by atoms with Crippen molar-refractivity contribution in [2.75, 3.05) is 0 Å². The molecule has 4 nitrogen and oxygen atoms in total. The van der Waals surface area contributed by atoms with Crippen LogP contribution < -0.4 is 0 Å². The fraction of sp³-hybridized carbons (Fsp3) is 0.381. The average molecular weight is 344 g/mol. The maximum atomic E-state index is 10.0. The highest BCUT2D eigenvalue weighted by Crippen LogP contribution is 2.24. The standard InChI is InChI=1S/C16H18O2.C5H10O2/c1-16(2,15-11-7-4-8-12-15)18-17-13-14-9-5-3-6-10-14;1-5(2,3)4(6)7/h3-12H,13H2,1-2H3;1-3H3,(H,6,7). The number of aliphatic carboxylic acids is 1. The molecule has 1 N–H and O–H groups in total. The lowest BCUT2D eigenvalue weighted by Crippen LogP contribution is -2.21. The van der Waals surface area contributed by atoms with Gasteiger partial charge >= 0.3 is 5.97 Å². The summed E-state index contributed by atoms with van der Waals surface area (Å²) in [5.41, 5.74) is 1.16. The van der Waals surface area contributed by atoms with Crippen molar-refractivity contribution in [2.24, 2.45) is 5.41 Å². The molecule has 0 aliphatic rings. The van der Waals surface area contributed by atoms with Gasteiger partial charge in [-0.2, -0.15) is 0 Å². The van der Waals surface area contributed by atoms with Crippen molar-refractivity contribution in [2.45, 2.75) is 46.8 Å². The van der Waals surface area contributed by atoms with Crippen LogP contribution in [0.25, 0.3) is 0 Å². The van der Waals surface area contributed by atoms with Crippen LogP contribution in [0.5, 0.6) is 0 Å². The van der Waals surface area contributed by atoms with E-state index in [1.165, 1.54) is 0 Å². The lowest BCUT2D eigenvalue weighted by atomic mass is 9.98. The van der Waals surface area contributed by atoms with E-state index in [1.54, 1.807) is 20.8 Å². The number of carbonyl (C=O) groups is 1. The molecule has 4 heteroatoms. The Morgan fingerprint density at radius 2 is 1.32 bits per heavy atom. The monoisotopic (exact) mass is 344 g/mol. The van der Waals surface area contributed by atoms with Gasteiger partial charge in [0, 0.05) is 0 Å². The van der Waals surface area contributed by atoms with Gasteiger partial charge in [0.1, 0.15) is 12.2 Å². The van der Waals surface area contributed by atoms with Gasteiger partial charge in [-0.05, 0) is 45.7 Å². The molecule has 0 aromatic heterocycles. The van der Waals surface area contributed by atoms with Gasteiger partial charge in [0.15, 0.2) is 0 Å². The summed E-state index contributed by atoms with van der Waals surface area (Å²) in [6.45, 7) is 9.43. The van der Waals surface area contributed by atoms with Crippen molar-refractivity contribution in [3.63, 3.8) is 0 Å². The third-order valence-corrected chi connectivity index (χ3v) is 3.45. The first kappa shape index (κ1) is 20.9. The van der Waals surface area contributed by atoms with Crippen LogP contribution in [0.1, 0.15) is 45.7 Å². The molecule has 2 rings (SSSR count). The first-order chi connectivity index (χ1) is 11.6. The van der Waals surface area contributed by atoms with E-state index < -0.39 is 17.0 Å². The summed E-state index contributed by atoms with van der Waals surface area (Å²) in [5.74, 6) is -0.757. The molecule has 0 saturated carbocycles. The first-order valence-corrected chi connectivity index (χ1v) is 8.26. The van der Waals surface area contributed by atoms with Crippen LogP contribution in [0.2, 0.25) is 0 Å². The molecule has 0 radical (unpaired) electrons. The van der Waals surface area contributed by atoms with Crippen molar-refractivity contribution in [3.05, 3.63) is 71.8 Å². The maximum absolute atomic E-state index is 10.0. The van der Waals surface area contributed by atoms with E-state index >= 15 is 0 Å². The average Bonchev–Trinajstić information content (AvgIpc) is 2.56. The van der Waals surface area contributed by atoms with E-state index in [-0.39, 0.29) is 0 Å². The molecule has 136 valence electrons. The van der Waals surface area contributed by atoms with E-state index in [0.29, 0.717) is 6.61 Å². The van der Waals surface area contributed by atoms with Gasteiger partial charge in [-0.15, -0.1) is 0 Å². The lowest BCUT2D eigenvalue weighted by molar-refractivity contribution is -0.366. The van der Waals surface area contributed by atoms with E-state index in [9.17, 15) is 4.79 Å². The predicted molar refractivity (Wildman–Crippen MR) is 98.9 cm³/mol. The zero-order chi connectivity index (χ0) is 18.9. The van der Waals surface area contributed by atoms with Gasteiger partial charge < -0.3 is 5.11 Å². The lowest BCUT2D eigenvalue weighted by Gasteiger charge is -2.24. The quantitative estimate of drug-likeness (QED) is 0.599. The molecule has 25 heavy (non-hydrogen) atoms. The smallest absolute Gasteiger partial charge is 0.308 e. The van der Waals surface area contributed by atoms with Crippen LogP contribution in [-0.2, 0) is 26.8 Å². The summed E-state index contributed by atoms with van der Waals surface area (Å²) in [5, 5.41) is 8.25. The van der Waals surface area contributed by atoms with Crippen LogP contribution in [-0.4, -0.2) is 11.1 Å². The molecule has 0 bridgehead atoms. The first-order valence-electron chi connectivity index (χ1n) is 8.26. The molecule has 0 amide bonds. The molecule has 2 aromatic rings. The second-order valence-corrected chi connectivity index (χ2v) is 7.26. The fourth-order valence-corrected chi connectivity index (χ4v) is 1.71. The Hall–Kier alpha value is -2.17. The largest absolute Gasteiger partial charge is 0.481 e. The molecular weight excluding hydrogens is 316 g/mol. The number of rotatable bonds is 5. The fourth-order valence-electron chi connectivity index (χ4n) is 1.71. The molecule has 0 saturated heterocycles. The molecule has 0 unspecified atom stereocenters. The van der Waals surface area contributed by atoms with Crippen molar-refractivity contribution >= 4 is 5.97 Å². The molecule has 0 aliphatic carbocycles. The highest BCUT2D eigenvalue weighted by Gasteiger charge is 2.22. The van der Waals surface area contributed by atoms with Crippen molar-refractivity contribution in [1.82, 2.24) is 0 Å². The van der Waals surface area contributed by atoms with Crippen molar-refractivity contribution in [3.8, 4) is 0 Å². The third kappa shape index (κ3) is 7.96. The van der Waals surface area contributed by atoms with Gasteiger partial charge in [0.25, 0.3) is 0 Å². The van der Waals surface area contributed by atoms with Crippen LogP contribution >= 0.6 is 0 Å². The Balaban J connectivity index is 0.000000381. The zero-order valence-corrected chi connectivity index (χ0v) is 15.7. The Bertz CT molecular complexity index is 628. The summed E-state index contributed by atoms with van der Waals surface area (Å²) in [6.07, 6.45) is 0. The minimum Gasteiger partial charge on any atom is -0.481 e. The van der Waals surface area contributed by atoms with Crippen LogP contribution in [0, 0.1) is 5.41 Å². The SMILES string of the molecule is CC(C)(C)C(=O)O.CC(C)(OOCc1ccccc1)c1ccccc1. The van der Waals surface area contributed by atoms with E-state index in [0.717, 1.165) is 11.1 Å². The summed E-state index contributed by atoms with van der Waals surface area (Å²) in [6, 6.07) is 20.0. The Morgan fingerprint density at radius 1 is 0.880 bits per heavy atom. The number of hydrogen-bond acceptors (Lipinski definition) is 3. The highest BCUT2D eigenvalue weighted by molar-refractivity contribution is 5.72. The highest BCUT2D eigenvalue weighted by atomic mass is 17.2. The molecule has 0 atom stereocenters. The second kappa shape index (κ2) is 9.35. The van der Waals surface area contributed by atoms with Crippen molar-refractivity contribution in [1.29, 1.82) is 0 Å². The van der Waals surface area contributed by atoms with Crippen molar-refractivity contribution < 1.29 is 19.7 Å².